The number of phenols is 1. The van der Waals surface area contributed by atoms with Crippen molar-refractivity contribution >= 4 is 58.0 Å². The van der Waals surface area contributed by atoms with Crippen LogP contribution in [0.4, 0.5) is 0 Å². The van der Waals surface area contributed by atoms with E-state index in [0.29, 0.717) is 0 Å². The standard InChI is InChI=1S/2C19H24O5S.Ca/c2*1-2-3-4-5-6-9-15-12-13-17(16(20)14-15)24-18-10-7-8-11-19(18)25(21,22)23;/h2*7-8,10-14,20H,2-6,9H2,1H3,(H,21,22,23);/q;;+2/p-2. The van der Waals surface area contributed by atoms with Gasteiger partial charge >= 0.3 is 37.7 Å². The van der Waals surface area contributed by atoms with Gasteiger partial charge in [-0.2, -0.15) is 8.42 Å². The maximum absolute atomic E-state index is 12.2. The Balaban J connectivity index is 0.000000347. The van der Waals surface area contributed by atoms with E-state index < -0.39 is 25.1 Å². The summed E-state index contributed by atoms with van der Waals surface area (Å²) in [6.07, 6.45) is 13.4. The number of rotatable bonds is 18. The predicted octanol–water partition coefficient (Wildman–Crippen LogP) is 8.53. The number of ether oxygens (including phenoxy) is 2. The van der Waals surface area contributed by atoms with Crippen LogP contribution in [0.1, 0.15) is 89.2 Å². The van der Waals surface area contributed by atoms with E-state index >= 15 is 0 Å². The molecule has 272 valence electrons. The fourth-order valence-electron chi connectivity index (χ4n) is 5.19. The molecule has 0 unspecified atom stereocenters. The van der Waals surface area contributed by atoms with Gasteiger partial charge in [0.25, 0.3) is 10.1 Å². The third-order valence-electron chi connectivity index (χ3n) is 7.85. The number of phenolic OH excluding ortho intramolecular Hbond substituents is 1. The van der Waals surface area contributed by atoms with Gasteiger partial charge in [-0.15, -0.1) is 0 Å². The van der Waals surface area contributed by atoms with Gasteiger partial charge in [0, 0.05) is 0 Å². The maximum atomic E-state index is 12.2. The molecule has 0 spiro atoms. The second-order valence-electron chi connectivity index (χ2n) is 11.9. The molecule has 13 heteroatoms. The van der Waals surface area contributed by atoms with Crippen molar-refractivity contribution in [2.45, 2.75) is 101 Å². The monoisotopic (exact) mass is 766 g/mol. The quantitative estimate of drug-likeness (QED) is 0.0568. The summed E-state index contributed by atoms with van der Waals surface area (Å²) in [5.74, 6) is -0.411. The molecule has 0 atom stereocenters. The normalized spacial score (nSPS) is 11.2. The van der Waals surface area contributed by atoms with Crippen molar-refractivity contribution < 1.29 is 45.6 Å². The first kappa shape index (κ1) is 44.3. The number of aryl methyl sites for hydroxylation is 2. The third-order valence-corrected chi connectivity index (χ3v) is 9.62. The Labute approximate surface area is 332 Å². The van der Waals surface area contributed by atoms with Crippen LogP contribution in [0, 0.1) is 0 Å². The molecule has 0 radical (unpaired) electrons. The number of hydrogen-bond acceptors (Lipinski definition) is 9. The molecular formula is C38H46CaO10S2. The molecule has 10 nitrogen and oxygen atoms in total. The van der Waals surface area contributed by atoms with E-state index in [-0.39, 0.29) is 77.1 Å². The molecule has 0 aliphatic carbocycles. The minimum Gasteiger partial charge on any atom is -0.870 e. The first-order chi connectivity index (χ1) is 23.8. The first-order valence-electron chi connectivity index (χ1n) is 16.9. The fourth-order valence-corrected chi connectivity index (χ4v) is 6.40. The minimum atomic E-state index is -4.67. The number of unbranched alkanes of at least 4 members (excludes halogenated alkanes) is 8. The van der Waals surface area contributed by atoms with Gasteiger partial charge in [-0.25, -0.2) is 8.42 Å². The van der Waals surface area contributed by atoms with Crippen LogP contribution < -0.4 is 14.6 Å². The molecule has 0 aliphatic rings. The van der Waals surface area contributed by atoms with E-state index in [1.807, 2.05) is 6.07 Å². The second kappa shape index (κ2) is 22.3. The second-order valence-corrected chi connectivity index (χ2v) is 14.7. The zero-order valence-corrected chi connectivity index (χ0v) is 33.1. The van der Waals surface area contributed by atoms with Crippen LogP contribution in [0.3, 0.4) is 0 Å². The molecular weight excluding hydrogens is 721 g/mol. The molecule has 0 bridgehead atoms. The van der Waals surface area contributed by atoms with E-state index in [4.69, 9.17) is 9.47 Å². The summed E-state index contributed by atoms with van der Waals surface area (Å²) in [5.41, 5.74) is 1.93. The fraction of sp³-hybridized carbons (Fsp3) is 0.368. The minimum absolute atomic E-state index is 0. The molecule has 4 aromatic rings. The summed E-state index contributed by atoms with van der Waals surface area (Å²) in [7, 11) is -9.07. The summed E-state index contributed by atoms with van der Waals surface area (Å²) in [5, 5.41) is 22.3. The smallest absolute Gasteiger partial charge is 0.870 e. The summed E-state index contributed by atoms with van der Waals surface area (Å²) >= 11 is 0. The average Bonchev–Trinajstić information content (AvgIpc) is 3.07. The Bertz CT molecular complexity index is 1740. The van der Waals surface area contributed by atoms with Crippen molar-refractivity contribution in [2.75, 3.05) is 0 Å². The summed E-state index contributed by atoms with van der Waals surface area (Å²) < 4.78 is 76.7. The number of aromatic hydroxyl groups is 1. The van der Waals surface area contributed by atoms with E-state index in [2.05, 4.69) is 13.8 Å². The zero-order valence-electron chi connectivity index (χ0n) is 29.3. The molecule has 0 amide bonds. The summed E-state index contributed by atoms with van der Waals surface area (Å²) in [6, 6.07) is 21.1. The molecule has 0 aliphatic heterocycles. The molecule has 0 aromatic heterocycles. The molecule has 0 fully saturated rings. The maximum Gasteiger partial charge on any atom is 2.00 e. The van der Waals surface area contributed by atoms with Gasteiger partial charge in [0.15, 0.2) is 11.5 Å². The van der Waals surface area contributed by atoms with Gasteiger partial charge in [-0.05, 0) is 79.3 Å². The molecule has 2 N–H and O–H groups in total. The zero-order chi connectivity index (χ0) is 36.6. The van der Waals surface area contributed by atoms with Crippen molar-refractivity contribution in [3.8, 4) is 34.5 Å². The Morgan fingerprint density at radius 3 is 1.53 bits per heavy atom. The van der Waals surface area contributed by atoms with Crippen LogP contribution >= 0.6 is 0 Å². The van der Waals surface area contributed by atoms with Crippen molar-refractivity contribution in [1.82, 2.24) is 0 Å². The molecule has 0 saturated heterocycles. The molecule has 4 aromatic carbocycles. The molecule has 0 heterocycles. The Morgan fingerprint density at radius 1 is 0.588 bits per heavy atom. The number of benzene rings is 4. The Kier molecular flexibility index (Phi) is 19.4. The SMILES string of the molecule is CCCCCCCc1ccc(Oc2ccccc2S(=O)(=O)O)c(O)c1.CCCCCCCc1ccc(Oc2ccccc2S(=O)(=O)[O-])c([O-])c1.[Ca+2]. The number of hydrogen-bond donors (Lipinski definition) is 2. The molecule has 0 saturated carbocycles. The van der Waals surface area contributed by atoms with E-state index in [0.717, 1.165) is 55.7 Å². The van der Waals surface area contributed by atoms with Crippen molar-refractivity contribution in [3.05, 3.63) is 96.1 Å². The van der Waals surface area contributed by atoms with Crippen molar-refractivity contribution in [1.29, 1.82) is 0 Å². The van der Waals surface area contributed by atoms with Crippen LogP contribution in [0.25, 0.3) is 0 Å². The largest absolute Gasteiger partial charge is 2.00 e. The van der Waals surface area contributed by atoms with Crippen LogP contribution in [0.2, 0.25) is 0 Å². The van der Waals surface area contributed by atoms with Gasteiger partial charge in [0.1, 0.15) is 32.3 Å². The van der Waals surface area contributed by atoms with Crippen molar-refractivity contribution in [2.24, 2.45) is 0 Å². The molecule has 51 heavy (non-hydrogen) atoms. The van der Waals surface area contributed by atoms with E-state index in [1.165, 1.54) is 81.0 Å². The van der Waals surface area contributed by atoms with Crippen molar-refractivity contribution in [3.63, 3.8) is 0 Å². The van der Waals surface area contributed by atoms with E-state index in [1.54, 1.807) is 30.3 Å². The van der Waals surface area contributed by atoms with Gasteiger partial charge in [0.2, 0.25) is 0 Å². The van der Waals surface area contributed by atoms with Gasteiger partial charge in [-0.3, -0.25) is 4.55 Å². The van der Waals surface area contributed by atoms with Crippen LogP contribution in [-0.4, -0.2) is 68.8 Å². The van der Waals surface area contributed by atoms with Gasteiger partial charge < -0.3 is 24.2 Å². The Hall–Kier alpha value is -2.84. The Morgan fingerprint density at radius 2 is 1.04 bits per heavy atom. The average molecular weight is 767 g/mol. The predicted molar refractivity (Wildman–Crippen MR) is 195 cm³/mol. The summed E-state index contributed by atoms with van der Waals surface area (Å²) in [6.45, 7) is 4.34. The van der Waals surface area contributed by atoms with E-state index in [9.17, 15) is 36.2 Å². The van der Waals surface area contributed by atoms with Gasteiger partial charge in [0.05, 0.1) is 4.90 Å². The number of para-hydroxylation sites is 2. The van der Waals surface area contributed by atoms with Crippen LogP contribution in [0.15, 0.2) is 94.7 Å². The van der Waals surface area contributed by atoms with Gasteiger partial charge in [-0.1, -0.05) is 113 Å². The topological polar surface area (TPSA) is 173 Å². The summed E-state index contributed by atoms with van der Waals surface area (Å²) in [4.78, 5) is -0.816. The molecule has 4 rings (SSSR count). The van der Waals surface area contributed by atoms with Crippen LogP contribution in [0.5, 0.6) is 34.5 Å². The first-order valence-corrected chi connectivity index (χ1v) is 19.8. The van der Waals surface area contributed by atoms with Crippen LogP contribution in [-0.2, 0) is 33.1 Å². The third kappa shape index (κ3) is 15.3.